The van der Waals surface area contributed by atoms with Gasteiger partial charge < -0.3 is 0 Å². The van der Waals surface area contributed by atoms with Gasteiger partial charge in [0.2, 0.25) is 10.0 Å². The van der Waals surface area contributed by atoms with Crippen LogP contribution in [0, 0.1) is 23.6 Å². The van der Waals surface area contributed by atoms with Gasteiger partial charge in [0.05, 0.1) is 4.90 Å². The Bertz CT molecular complexity index is 1250. The molecule has 34 heavy (non-hydrogen) atoms. The summed E-state index contributed by atoms with van der Waals surface area (Å²) in [4.78, 5) is 4.55. The third kappa shape index (κ3) is 5.20. The average Bonchev–Trinajstić information content (AvgIpc) is 3.40. The summed E-state index contributed by atoms with van der Waals surface area (Å²) in [5.74, 6) is 2.94. The summed E-state index contributed by atoms with van der Waals surface area (Å²) in [7, 11) is -3.99. The molecule has 0 radical (unpaired) electrons. The van der Waals surface area contributed by atoms with Crippen LogP contribution in [0.4, 0.5) is 9.09 Å². The van der Waals surface area contributed by atoms with Crippen LogP contribution in [0.5, 0.6) is 0 Å². The molecule has 3 unspecified atom stereocenters. The fourth-order valence-corrected chi connectivity index (χ4v) is 6.17. The molecule has 3 aromatic rings. The third-order valence-corrected chi connectivity index (χ3v) is 8.18. The summed E-state index contributed by atoms with van der Waals surface area (Å²) >= 11 is 0. The first-order chi connectivity index (χ1) is 15.9. The Hall–Kier alpha value is -2.65. The quantitative estimate of drug-likeness (QED) is 0.551. The monoisotopic (exact) mass is 488 g/mol. The van der Waals surface area contributed by atoms with Crippen molar-refractivity contribution in [3.8, 4) is 5.69 Å². The number of fused-ring (bicyclic) bond motifs is 1. The number of nitrogens with zero attached hydrogens (tertiary/aromatic N) is 3. The van der Waals surface area contributed by atoms with Crippen LogP contribution in [0.1, 0.15) is 55.7 Å². The zero-order valence-electron chi connectivity index (χ0n) is 18.9. The minimum Gasteiger partial charge on any atom is -0.269 e. The molecule has 2 fully saturated rings. The zero-order chi connectivity index (χ0) is 23.0. The maximum atomic E-state index is 15.0. The van der Waals surface area contributed by atoms with E-state index in [2.05, 4.69) is 0 Å². The van der Waals surface area contributed by atoms with E-state index in [0.29, 0.717) is 18.2 Å². The maximum Gasteiger partial charge on any atom is 0.238 e. The first kappa shape index (κ1) is 24.5. The number of hydrogen-bond donors (Lipinski definition) is 1. The molecule has 2 saturated carbocycles. The molecule has 2 N–H and O–H groups in total. The molecule has 6 nitrogen and oxygen atoms in total. The molecule has 0 bridgehead atoms. The molecule has 0 saturated heterocycles. The molecule has 2 aliphatic carbocycles. The first-order valence-electron chi connectivity index (χ1n) is 11.7. The minimum atomic E-state index is -3.99. The molecule has 0 aliphatic heterocycles. The largest absolute Gasteiger partial charge is 0.269 e. The van der Waals surface area contributed by atoms with Crippen molar-refractivity contribution in [2.75, 3.05) is 0 Å². The molecule has 2 aliphatic rings. The maximum absolute atomic E-state index is 15.0. The van der Waals surface area contributed by atoms with Crippen LogP contribution in [-0.4, -0.2) is 23.2 Å². The Kier molecular flexibility index (Phi) is 7.14. The van der Waals surface area contributed by atoms with E-state index in [4.69, 9.17) is 15.2 Å². The second kappa shape index (κ2) is 9.92. The van der Waals surface area contributed by atoms with E-state index in [-0.39, 0.29) is 15.3 Å². The lowest BCUT2D eigenvalue weighted by molar-refractivity contribution is 0.206. The highest BCUT2D eigenvalue weighted by atomic mass is 32.2. The summed E-state index contributed by atoms with van der Waals surface area (Å²) in [5.41, 5.74) is 1.22. The molecule has 0 amide bonds. The van der Waals surface area contributed by atoms with E-state index in [1.165, 1.54) is 55.3 Å². The fourth-order valence-electron chi connectivity index (χ4n) is 5.64. The van der Waals surface area contributed by atoms with E-state index in [1.54, 1.807) is 0 Å². The molecular formula is C25H30F2N4O2S. The van der Waals surface area contributed by atoms with Crippen molar-refractivity contribution in [2.45, 2.75) is 56.3 Å². The molecule has 1 heterocycles. The number of aromatic nitrogens is 3. The number of nitrogens with two attached hydrogens (primary N) is 1. The standard InChI is InChI=1S/C25H29FN4O2S.FH/c26-22-16-21(33(27,31)32)11-12-23(22)30-25(15-17-5-2-1-3-6-17)28-24(29-30)14-18-9-10-19-7-4-8-20(19)13-18;/h1-3,5-6,11-12,16,18-20H,4,7-10,13-15H2,(H2,27,31,32);1H. The average molecular weight is 489 g/mol. The Labute approximate surface area is 198 Å². The van der Waals surface area contributed by atoms with Crippen molar-refractivity contribution in [3.05, 3.63) is 71.6 Å². The molecule has 5 rings (SSSR count). The predicted octanol–water partition coefficient (Wildman–Crippen LogP) is 4.56. The van der Waals surface area contributed by atoms with Crippen LogP contribution >= 0.6 is 0 Å². The summed E-state index contributed by atoms with van der Waals surface area (Å²) in [6.07, 6.45) is 9.06. The van der Waals surface area contributed by atoms with Gasteiger partial charge in [0.15, 0.2) is 5.82 Å². The summed E-state index contributed by atoms with van der Waals surface area (Å²) in [6, 6.07) is 13.5. The van der Waals surface area contributed by atoms with E-state index in [9.17, 15) is 12.8 Å². The lowest BCUT2D eigenvalue weighted by atomic mass is 9.75. The van der Waals surface area contributed by atoms with E-state index >= 15 is 0 Å². The van der Waals surface area contributed by atoms with Crippen LogP contribution in [-0.2, 0) is 22.9 Å². The molecule has 9 heteroatoms. The zero-order valence-corrected chi connectivity index (χ0v) is 19.8. The number of halogens is 2. The van der Waals surface area contributed by atoms with Gasteiger partial charge in [0.25, 0.3) is 0 Å². The second-order valence-corrected chi connectivity index (χ2v) is 11.1. The lowest BCUT2D eigenvalue weighted by Crippen LogP contribution is -2.22. The number of primary sulfonamides is 1. The van der Waals surface area contributed by atoms with Crippen LogP contribution in [0.3, 0.4) is 0 Å². The van der Waals surface area contributed by atoms with Crippen molar-refractivity contribution >= 4 is 10.0 Å². The summed E-state index contributed by atoms with van der Waals surface area (Å²) in [5, 5.41) is 9.86. The molecular weight excluding hydrogens is 458 g/mol. The highest BCUT2D eigenvalue weighted by Gasteiger charge is 2.34. The van der Waals surface area contributed by atoms with Gasteiger partial charge in [0, 0.05) is 12.8 Å². The first-order valence-corrected chi connectivity index (χ1v) is 13.2. The number of benzene rings is 2. The van der Waals surface area contributed by atoms with Crippen molar-refractivity contribution in [2.24, 2.45) is 22.9 Å². The van der Waals surface area contributed by atoms with Gasteiger partial charge >= 0.3 is 0 Å². The molecule has 2 aromatic carbocycles. The molecule has 0 spiro atoms. The van der Waals surface area contributed by atoms with Gasteiger partial charge in [0.1, 0.15) is 17.3 Å². The SMILES string of the molecule is F.NS(=O)(=O)c1ccc(-n2nc(CC3CCC4CCCC4C3)nc2Cc2ccccc2)c(F)c1. The summed E-state index contributed by atoms with van der Waals surface area (Å²) < 4.78 is 39.8. The Morgan fingerprint density at radius 2 is 1.79 bits per heavy atom. The van der Waals surface area contributed by atoms with E-state index in [0.717, 1.165) is 35.7 Å². The normalized spacial score (nSPS) is 22.2. The van der Waals surface area contributed by atoms with Crippen LogP contribution in [0.2, 0.25) is 0 Å². The number of hydrogen-bond acceptors (Lipinski definition) is 4. The van der Waals surface area contributed by atoms with Gasteiger partial charge in [-0.25, -0.2) is 27.6 Å². The molecule has 1 aromatic heterocycles. The van der Waals surface area contributed by atoms with Gasteiger partial charge in [-0.05, 0) is 60.8 Å². The molecule has 182 valence electrons. The molecule has 3 atom stereocenters. The van der Waals surface area contributed by atoms with Gasteiger partial charge in [-0.15, -0.1) is 0 Å². The highest BCUT2D eigenvalue weighted by molar-refractivity contribution is 7.89. The highest BCUT2D eigenvalue weighted by Crippen LogP contribution is 2.44. The Morgan fingerprint density at radius 3 is 2.53 bits per heavy atom. The summed E-state index contributed by atoms with van der Waals surface area (Å²) in [6.45, 7) is 0. The fraction of sp³-hybridized carbons (Fsp3) is 0.440. The Balaban J connectivity index is 0.00000274. The van der Waals surface area contributed by atoms with Crippen molar-refractivity contribution in [3.63, 3.8) is 0 Å². The number of rotatable bonds is 6. The van der Waals surface area contributed by atoms with Crippen molar-refractivity contribution < 1.29 is 17.5 Å². The second-order valence-electron chi connectivity index (χ2n) is 9.51. The van der Waals surface area contributed by atoms with E-state index in [1.807, 2.05) is 30.3 Å². The predicted molar refractivity (Wildman–Crippen MR) is 126 cm³/mol. The van der Waals surface area contributed by atoms with Gasteiger partial charge in [-0.2, -0.15) is 5.10 Å². The van der Waals surface area contributed by atoms with Gasteiger partial charge in [-0.1, -0.05) is 49.6 Å². The van der Waals surface area contributed by atoms with Crippen molar-refractivity contribution in [1.29, 1.82) is 0 Å². The van der Waals surface area contributed by atoms with E-state index < -0.39 is 15.8 Å². The third-order valence-electron chi connectivity index (χ3n) is 7.27. The topological polar surface area (TPSA) is 90.9 Å². The van der Waals surface area contributed by atoms with Gasteiger partial charge in [-0.3, -0.25) is 4.70 Å². The van der Waals surface area contributed by atoms with Crippen LogP contribution in [0.25, 0.3) is 5.69 Å². The number of sulfonamides is 1. The minimum absolute atomic E-state index is 0. The smallest absolute Gasteiger partial charge is 0.238 e. The lowest BCUT2D eigenvalue weighted by Gasteiger charge is -2.31. The van der Waals surface area contributed by atoms with Crippen molar-refractivity contribution in [1.82, 2.24) is 14.8 Å². The Morgan fingerprint density at radius 1 is 1.03 bits per heavy atom. The van der Waals surface area contributed by atoms with Crippen LogP contribution < -0.4 is 5.14 Å². The van der Waals surface area contributed by atoms with Crippen LogP contribution in [0.15, 0.2) is 53.4 Å².